The number of anilines is 1. The topological polar surface area (TPSA) is 114 Å². The lowest BCUT2D eigenvalue weighted by Crippen LogP contribution is -2.39. The van der Waals surface area contributed by atoms with E-state index in [0.717, 1.165) is 10.4 Å². The highest BCUT2D eigenvalue weighted by atomic mass is 35.5. The molecule has 152 valence electrons. The molecule has 0 aliphatic carbocycles. The Bertz CT molecular complexity index is 1020. The van der Waals surface area contributed by atoms with Crippen LogP contribution in [0.25, 0.3) is 0 Å². The first-order valence-electron chi connectivity index (χ1n) is 8.96. The van der Waals surface area contributed by atoms with Gasteiger partial charge in [-0.05, 0) is 25.0 Å². The molecule has 1 atom stereocenters. The van der Waals surface area contributed by atoms with Gasteiger partial charge in [0.15, 0.2) is 0 Å². The Balaban J connectivity index is 1.61. The average molecular weight is 437 g/mol. The third kappa shape index (κ3) is 3.49. The Hall–Kier alpha value is -2.85. The number of carbonyl (C=O) groups is 2. The number of nitrogens with one attached hydrogen (secondary N) is 2. The molecule has 3 heterocycles. The van der Waals surface area contributed by atoms with Crippen LogP contribution in [0.4, 0.5) is 15.5 Å². The molecule has 1 aromatic heterocycles. The van der Waals surface area contributed by atoms with Gasteiger partial charge in [0.2, 0.25) is 0 Å². The van der Waals surface area contributed by atoms with Gasteiger partial charge in [-0.25, -0.2) is 4.79 Å². The van der Waals surface area contributed by atoms with E-state index in [-0.39, 0.29) is 22.7 Å². The predicted octanol–water partition coefficient (Wildman–Crippen LogP) is 3.68. The van der Waals surface area contributed by atoms with E-state index < -0.39 is 11.1 Å². The number of amides is 2. The van der Waals surface area contributed by atoms with Crippen LogP contribution in [-0.2, 0) is 17.7 Å². The lowest BCUT2D eigenvalue weighted by molar-refractivity contribution is -0.384. The molecule has 2 aromatic rings. The van der Waals surface area contributed by atoms with Gasteiger partial charge >= 0.3 is 6.09 Å². The Labute approximate surface area is 174 Å². The SMILES string of the molecule is CCOC(=O)N1CCc2c(sc3c2C(=O)N[C@H](c2ccc(Cl)c([N+](=O)[O-])c2)N3)C1. The maximum atomic E-state index is 12.8. The van der Waals surface area contributed by atoms with Gasteiger partial charge in [-0.2, -0.15) is 0 Å². The summed E-state index contributed by atoms with van der Waals surface area (Å²) in [6.45, 7) is 2.93. The molecular formula is C18H17ClN4O5S. The van der Waals surface area contributed by atoms with Crippen molar-refractivity contribution in [3.05, 3.63) is 54.9 Å². The third-order valence-corrected chi connectivity index (χ3v) is 6.33. The molecule has 29 heavy (non-hydrogen) atoms. The summed E-state index contributed by atoms with van der Waals surface area (Å²) < 4.78 is 5.07. The van der Waals surface area contributed by atoms with Crippen LogP contribution in [-0.4, -0.2) is 35.0 Å². The van der Waals surface area contributed by atoms with E-state index in [1.165, 1.54) is 23.5 Å². The van der Waals surface area contributed by atoms with Crippen LogP contribution >= 0.6 is 22.9 Å². The predicted molar refractivity (Wildman–Crippen MR) is 107 cm³/mol. The fourth-order valence-electron chi connectivity index (χ4n) is 3.50. The minimum atomic E-state index is -0.618. The first-order chi connectivity index (χ1) is 13.9. The third-order valence-electron chi connectivity index (χ3n) is 4.86. The van der Waals surface area contributed by atoms with Gasteiger partial charge in [0.05, 0.1) is 23.6 Å². The zero-order chi connectivity index (χ0) is 20.7. The van der Waals surface area contributed by atoms with Gasteiger partial charge in [0.1, 0.15) is 16.2 Å². The molecule has 2 amide bonds. The van der Waals surface area contributed by atoms with Crippen LogP contribution in [0.2, 0.25) is 5.02 Å². The molecule has 0 fully saturated rings. The number of nitro groups is 1. The molecule has 2 N–H and O–H groups in total. The van der Waals surface area contributed by atoms with Crippen LogP contribution in [0.15, 0.2) is 18.2 Å². The molecule has 0 saturated carbocycles. The quantitative estimate of drug-likeness (QED) is 0.560. The summed E-state index contributed by atoms with van der Waals surface area (Å²) >= 11 is 7.29. The maximum absolute atomic E-state index is 12.8. The highest BCUT2D eigenvalue weighted by Crippen LogP contribution is 2.41. The van der Waals surface area contributed by atoms with Crippen LogP contribution in [0.3, 0.4) is 0 Å². The molecule has 4 rings (SSSR count). The lowest BCUT2D eigenvalue weighted by atomic mass is 10.0. The van der Waals surface area contributed by atoms with Gasteiger partial charge in [0, 0.05) is 23.1 Å². The van der Waals surface area contributed by atoms with E-state index in [4.69, 9.17) is 16.3 Å². The van der Waals surface area contributed by atoms with Gasteiger partial charge in [0.25, 0.3) is 11.6 Å². The zero-order valence-electron chi connectivity index (χ0n) is 15.4. The minimum absolute atomic E-state index is 0.0345. The number of halogens is 1. The summed E-state index contributed by atoms with van der Waals surface area (Å²) in [4.78, 5) is 38.0. The summed E-state index contributed by atoms with van der Waals surface area (Å²) in [5.74, 6) is -0.247. The monoisotopic (exact) mass is 436 g/mol. The van der Waals surface area contributed by atoms with Crippen LogP contribution < -0.4 is 10.6 Å². The number of benzene rings is 1. The normalized spacial score (nSPS) is 17.7. The van der Waals surface area contributed by atoms with E-state index in [9.17, 15) is 19.7 Å². The number of hydrogen-bond donors (Lipinski definition) is 2. The lowest BCUT2D eigenvalue weighted by Gasteiger charge is -2.28. The molecule has 2 aliphatic heterocycles. The average Bonchev–Trinajstić information content (AvgIpc) is 3.06. The number of carbonyl (C=O) groups excluding carboxylic acids is 2. The molecule has 0 saturated heterocycles. The number of nitrogens with zero attached hydrogens (tertiary/aromatic N) is 2. The van der Waals surface area contributed by atoms with Crippen molar-refractivity contribution >= 4 is 45.6 Å². The molecule has 0 bridgehead atoms. The van der Waals surface area contributed by atoms with E-state index in [0.29, 0.717) is 42.2 Å². The first-order valence-corrected chi connectivity index (χ1v) is 10.2. The van der Waals surface area contributed by atoms with E-state index in [1.807, 2.05) is 0 Å². The molecule has 11 heteroatoms. The number of rotatable bonds is 3. The fourth-order valence-corrected chi connectivity index (χ4v) is 4.98. The second-order valence-corrected chi connectivity index (χ2v) is 8.11. The molecule has 0 unspecified atom stereocenters. The van der Waals surface area contributed by atoms with Crippen molar-refractivity contribution in [1.29, 1.82) is 0 Å². The van der Waals surface area contributed by atoms with Gasteiger partial charge in [-0.15, -0.1) is 11.3 Å². The summed E-state index contributed by atoms with van der Waals surface area (Å²) in [6, 6.07) is 4.42. The van der Waals surface area contributed by atoms with Gasteiger partial charge in [-0.1, -0.05) is 17.7 Å². The second kappa shape index (κ2) is 7.53. The minimum Gasteiger partial charge on any atom is -0.450 e. The number of fused-ring (bicyclic) bond motifs is 3. The Kier molecular flexibility index (Phi) is 5.05. The first kappa shape index (κ1) is 19.5. The Morgan fingerprint density at radius 1 is 1.45 bits per heavy atom. The van der Waals surface area contributed by atoms with E-state index in [2.05, 4.69) is 10.6 Å². The molecule has 2 aliphatic rings. The highest BCUT2D eigenvalue weighted by Gasteiger charge is 2.35. The molecular weight excluding hydrogens is 420 g/mol. The van der Waals surface area contributed by atoms with Crippen molar-refractivity contribution in [2.75, 3.05) is 18.5 Å². The van der Waals surface area contributed by atoms with Crippen LogP contribution in [0, 0.1) is 10.1 Å². The summed E-state index contributed by atoms with van der Waals surface area (Å²) in [7, 11) is 0. The standard InChI is InChI=1S/C18H17ClN4O5S/c1-2-28-18(25)22-6-5-10-13(8-22)29-17-14(10)16(24)20-15(21-17)9-3-4-11(19)12(7-9)23(26)27/h3-4,7,15,21H,2,5-6,8H2,1H3,(H,20,24)/t15-/m0/s1. The summed E-state index contributed by atoms with van der Waals surface area (Å²) in [5, 5.41) is 18.0. The molecule has 9 nitrogen and oxygen atoms in total. The van der Waals surface area contributed by atoms with E-state index >= 15 is 0 Å². The molecule has 0 spiro atoms. The van der Waals surface area contributed by atoms with Crippen LogP contribution in [0.5, 0.6) is 0 Å². The van der Waals surface area contributed by atoms with Crippen molar-refractivity contribution < 1.29 is 19.2 Å². The van der Waals surface area contributed by atoms with Crippen molar-refractivity contribution in [1.82, 2.24) is 10.2 Å². The largest absolute Gasteiger partial charge is 0.450 e. The zero-order valence-corrected chi connectivity index (χ0v) is 16.9. The van der Waals surface area contributed by atoms with Crippen molar-refractivity contribution in [2.45, 2.75) is 26.1 Å². The van der Waals surface area contributed by atoms with Gasteiger partial charge in [-0.3, -0.25) is 14.9 Å². The second-order valence-electron chi connectivity index (χ2n) is 6.60. The number of hydrogen-bond acceptors (Lipinski definition) is 7. The van der Waals surface area contributed by atoms with Crippen molar-refractivity contribution in [3.8, 4) is 0 Å². The number of nitro benzene ring substituents is 1. The van der Waals surface area contributed by atoms with Crippen molar-refractivity contribution in [2.24, 2.45) is 0 Å². The van der Waals surface area contributed by atoms with E-state index in [1.54, 1.807) is 17.9 Å². The number of ether oxygens (including phenoxy) is 1. The summed E-state index contributed by atoms with van der Waals surface area (Å²) in [5.41, 5.74) is 1.81. The van der Waals surface area contributed by atoms with Crippen LogP contribution in [0.1, 0.15) is 39.5 Å². The summed E-state index contributed by atoms with van der Waals surface area (Å²) in [6.07, 6.45) is -0.424. The Morgan fingerprint density at radius 3 is 2.97 bits per heavy atom. The Morgan fingerprint density at radius 2 is 2.24 bits per heavy atom. The molecule has 1 aromatic carbocycles. The number of thiophene rings is 1. The smallest absolute Gasteiger partial charge is 0.410 e. The molecule has 0 radical (unpaired) electrons. The maximum Gasteiger partial charge on any atom is 0.410 e. The van der Waals surface area contributed by atoms with Gasteiger partial charge < -0.3 is 20.3 Å². The highest BCUT2D eigenvalue weighted by molar-refractivity contribution is 7.16. The van der Waals surface area contributed by atoms with Crippen molar-refractivity contribution in [3.63, 3.8) is 0 Å². The fraction of sp³-hybridized carbons (Fsp3) is 0.333.